The van der Waals surface area contributed by atoms with Gasteiger partial charge in [-0.05, 0) is 70.1 Å². The van der Waals surface area contributed by atoms with Gasteiger partial charge in [-0.3, -0.25) is 4.79 Å². The van der Waals surface area contributed by atoms with Gasteiger partial charge in [0.2, 0.25) is 0 Å². The average Bonchev–Trinajstić information content (AvgIpc) is 3.00. The molecule has 0 N–H and O–H groups in total. The molecule has 164 valence electrons. The number of benzene rings is 2. The van der Waals surface area contributed by atoms with Gasteiger partial charge in [0.05, 0.1) is 16.8 Å². The van der Waals surface area contributed by atoms with Crippen LogP contribution in [0.4, 0.5) is 0 Å². The minimum absolute atomic E-state index is 0.0149. The topological polar surface area (TPSA) is 48.0 Å². The summed E-state index contributed by atoms with van der Waals surface area (Å²) in [6.45, 7) is 10.1. The number of rotatable bonds is 5. The first kappa shape index (κ1) is 21.9. The van der Waals surface area contributed by atoms with Crippen LogP contribution in [0.1, 0.15) is 62.9 Å². The lowest BCUT2D eigenvalue weighted by Crippen LogP contribution is -2.41. The fourth-order valence-electron chi connectivity index (χ4n) is 3.97. The van der Waals surface area contributed by atoms with Gasteiger partial charge in [-0.1, -0.05) is 36.4 Å². The molecule has 0 saturated carbocycles. The summed E-state index contributed by atoms with van der Waals surface area (Å²) in [7, 11) is -0.513. The highest BCUT2D eigenvalue weighted by atomic mass is 16.7. The summed E-state index contributed by atoms with van der Waals surface area (Å²) in [4.78, 5) is 15.4. The van der Waals surface area contributed by atoms with Crippen molar-refractivity contribution in [2.75, 3.05) is 13.1 Å². The van der Waals surface area contributed by atoms with Gasteiger partial charge in [-0.25, -0.2) is 0 Å². The molecule has 2 aliphatic rings. The molecule has 5 nitrogen and oxygen atoms in total. The maximum atomic E-state index is 13.4. The molecule has 2 aliphatic heterocycles. The van der Waals surface area contributed by atoms with Gasteiger partial charge in [-0.15, -0.1) is 0 Å². The maximum Gasteiger partial charge on any atom is 0.494 e. The average molecular weight is 421 g/mol. The third kappa shape index (κ3) is 4.65. The van der Waals surface area contributed by atoms with E-state index in [0.717, 1.165) is 37.0 Å². The predicted octanol–water partition coefficient (Wildman–Crippen LogP) is 4.19. The highest BCUT2D eigenvalue weighted by molar-refractivity contribution is 6.62. The smallest absolute Gasteiger partial charge is 0.488 e. The van der Waals surface area contributed by atoms with Gasteiger partial charge >= 0.3 is 7.12 Å². The highest BCUT2D eigenvalue weighted by Crippen LogP contribution is 2.37. The van der Waals surface area contributed by atoms with Gasteiger partial charge in [0.1, 0.15) is 12.4 Å². The Labute approximate surface area is 185 Å². The summed E-state index contributed by atoms with van der Waals surface area (Å²) in [6.07, 6.45) is 3.26. The number of ether oxygens (including phenoxy) is 1. The van der Waals surface area contributed by atoms with Crippen LogP contribution < -0.4 is 10.2 Å². The summed E-state index contributed by atoms with van der Waals surface area (Å²) in [5, 5.41) is 0. The van der Waals surface area contributed by atoms with Crippen molar-refractivity contribution in [3.8, 4) is 5.75 Å². The van der Waals surface area contributed by atoms with Crippen LogP contribution in [0.3, 0.4) is 0 Å². The lowest BCUT2D eigenvalue weighted by atomic mass is 9.78. The summed E-state index contributed by atoms with van der Waals surface area (Å²) in [5.41, 5.74) is 1.61. The Morgan fingerprint density at radius 2 is 1.61 bits per heavy atom. The van der Waals surface area contributed by atoms with Gasteiger partial charge in [0.15, 0.2) is 0 Å². The van der Waals surface area contributed by atoms with Crippen LogP contribution >= 0.6 is 0 Å². The number of likely N-dealkylation sites (tertiary alicyclic amines) is 1. The minimum atomic E-state index is -0.513. The van der Waals surface area contributed by atoms with E-state index in [9.17, 15) is 4.79 Å². The summed E-state index contributed by atoms with van der Waals surface area (Å²) >= 11 is 0. The zero-order chi connectivity index (χ0) is 22.1. The van der Waals surface area contributed by atoms with Crippen molar-refractivity contribution in [2.24, 2.45) is 0 Å². The molecule has 0 atom stereocenters. The first-order valence-corrected chi connectivity index (χ1v) is 11.2. The molecule has 0 aliphatic carbocycles. The summed E-state index contributed by atoms with van der Waals surface area (Å²) in [6, 6.07) is 15.7. The second-order valence-corrected chi connectivity index (χ2v) is 9.47. The molecule has 2 aromatic carbocycles. The molecular formula is C25H32BNO4. The Morgan fingerprint density at radius 1 is 0.968 bits per heavy atom. The number of piperidine rings is 1. The lowest BCUT2D eigenvalue weighted by Gasteiger charge is -2.32. The number of amides is 1. The normalized spacial score (nSPS) is 20.0. The summed E-state index contributed by atoms with van der Waals surface area (Å²) < 4.78 is 18.5. The second kappa shape index (κ2) is 8.68. The van der Waals surface area contributed by atoms with Crippen LogP contribution in [0.2, 0.25) is 0 Å². The Bertz CT molecular complexity index is 906. The van der Waals surface area contributed by atoms with E-state index in [1.165, 1.54) is 6.42 Å². The van der Waals surface area contributed by atoms with Gasteiger partial charge in [0, 0.05) is 13.1 Å². The van der Waals surface area contributed by atoms with Crippen molar-refractivity contribution in [3.05, 3.63) is 59.7 Å². The van der Waals surface area contributed by atoms with E-state index in [0.29, 0.717) is 17.9 Å². The largest absolute Gasteiger partial charge is 0.494 e. The molecule has 0 unspecified atom stereocenters. The molecule has 2 aromatic rings. The van der Waals surface area contributed by atoms with E-state index in [-0.39, 0.29) is 5.91 Å². The number of carbonyl (C=O) groups is 1. The van der Waals surface area contributed by atoms with Gasteiger partial charge in [-0.2, -0.15) is 0 Å². The van der Waals surface area contributed by atoms with Crippen LogP contribution in [0.25, 0.3) is 0 Å². The quantitative estimate of drug-likeness (QED) is 0.680. The Morgan fingerprint density at radius 3 is 2.26 bits per heavy atom. The van der Waals surface area contributed by atoms with Crippen molar-refractivity contribution in [3.63, 3.8) is 0 Å². The summed E-state index contributed by atoms with van der Waals surface area (Å²) in [5.74, 6) is 0.612. The molecule has 2 saturated heterocycles. The molecule has 2 fully saturated rings. The number of carbonyl (C=O) groups excluding carboxylic acids is 1. The number of nitrogens with zero attached hydrogens (tertiary/aromatic N) is 1. The van der Waals surface area contributed by atoms with Gasteiger partial charge in [0.25, 0.3) is 5.91 Å². The SMILES string of the molecule is CC1(C)OB(c2ccc(OCc3ccccc3)c(C(=O)N3CCCCC3)c2)OC1(C)C. The van der Waals surface area contributed by atoms with Crippen molar-refractivity contribution in [2.45, 2.75) is 64.8 Å². The third-order valence-corrected chi connectivity index (χ3v) is 6.64. The number of hydrogen-bond donors (Lipinski definition) is 0. The Hall–Kier alpha value is -2.31. The molecular weight excluding hydrogens is 389 g/mol. The molecule has 2 heterocycles. The van der Waals surface area contributed by atoms with Crippen molar-refractivity contribution < 1.29 is 18.8 Å². The molecule has 0 aromatic heterocycles. The molecule has 0 bridgehead atoms. The van der Waals surface area contributed by atoms with E-state index in [1.807, 2.05) is 81.1 Å². The lowest BCUT2D eigenvalue weighted by molar-refractivity contribution is 0.00578. The second-order valence-electron chi connectivity index (χ2n) is 9.47. The first-order chi connectivity index (χ1) is 14.8. The molecule has 31 heavy (non-hydrogen) atoms. The van der Waals surface area contributed by atoms with E-state index in [2.05, 4.69) is 0 Å². The maximum absolute atomic E-state index is 13.4. The zero-order valence-electron chi connectivity index (χ0n) is 19.0. The minimum Gasteiger partial charge on any atom is -0.488 e. The first-order valence-electron chi connectivity index (χ1n) is 11.2. The van der Waals surface area contributed by atoms with Crippen molar-refractivity contribution in [1.29, 1.82) is 0 Å². The molecule has 0 spiro atoms. The van der Waals surface area contributed by atoms with Crippen LogP contribution in [-0.2, 0) is 15.9 Å². The fourth-order valence-corrected chi connectivity index (χ4v) is 3.97. The van der Waals surface area contributed by atoms with Gasteiger partial charge < -0.3 is 18.9 Å². The predicted molar refractivity (Wildman–Crippen MR) is 123 cm³/mol. The molecule has 6 heteroatoms. The highest BCUT2D eigenvalue weighted by Gasteiger charge is 2.51. The van der Waals surface area contributed by atoms with Crippen molar-refractivity contribution >= 4 is 18.5 Å². The van der Waals surface area contributed by atoms with E-state index in [4.69, 9.17) is 14.0 Å². The Balaban J connectivity index is 1.62. The number of hydrogen-bond acceptors (Lipinski definition) is 4. The van der Waals surface area contributed by atoms with Crippen molar-refractivity contribution in [1.82, 2.24) is 4.90 Å². The van der Waals surface area contributed by atoms with Crippen LogP contribution in [-0.4, -0.2) is 42.2 Å². The standard InChI is InChI=1S/C25H32BNO4/c1-24(2)25(3,4)31-26(30-24)20-13-14-22(29-18-19-11-7-5-8-12-19)21(17-20)23(28)27-15-9-6-10-16-27/h5,7-8,11-14,17H,6,9-10,15-16,18H2,1-4H3. The van der Waals surface area contributed by atoms with Crippen LogP contribution in [0.5, 0.6) is 5.75 Å². The molecule has 0 radical (unpaired) electrons. The molecule has 4 rings (SSSR count). The van der Waals surface area contributed by atoms with E-state index < -0.39 is 18.3 Å². The molecule has 1 amide bonds. The third-order valence-electron chi connectivity index (χ3n) is 6.64. The zero-order valence-corrected chi connectivity index (χ0v) is 19.0. The Kier molecular flexibility index (Phi) is 6.13. The fraction of sp³-hybridized carbons (Fsp3) is 0.480. The van der Waals surface area contributed by atoms with Crippen LogP contribution in [0, 0.1) is 0 Å². The monoisotopic (exact) mass is 421 g/mol. The van der Waals surface area contributed by atoms with E-state index in [1.54, 1.807) is 0 Å². The van der Waals surface area contributed by atoms with Crippen LogP contribution in [0.15, 0.2) is 48.5 Å². The van der Waals surface area contributed by atoms with E-state index >= 15 is 0 Å².